The zero-order chi connectivity index (χ0) is 40.3. The lowest BCUT2D eigenvalue weighted by Crippen LogP contribution is -2.25. The highest BCUT2D eigenvalue weighted by atomic mass is 15.0. The van der Waals surface area contributed by atoms with Crippen molar-refractivity contribution in [1.29, 1.82) is 0 Å². The predicted molar refractivity (Wildman–Crippen MR) is 247 cm³/mol. The molecule has 1 spiro atoms. The van der Waals surface area contributed by atoms with Gasteiger partial charge < -0.3 is 0 Å². The third kappa shape index (κ3) is 5.61. The van der Waals surface area contributed by atoms with Crippen LogP contribution in [0.1, 0.15) is 22.3 Å². The molecule has 0 unspecified atom stereocenters. The molecule has 0 amide bonds. The highest BCUT2D eigenvalue weighted by Gasteiger charge is 2.51. The summed E-state index contributed by atoms with van der Waals surface area (Å²) < 4.78 is 0. The third-order valence-electron chi connectivity index (χ3n) is 12.4. The fraction of sp³-hybridized carbons (Fsp3) is 0.0175. The monoisotopic (exact) mass is 776 g/mol. The molecule has 0 saturated carbocycles. The van der Waals surface area contributed by atoms with Crippen molar-refractivity contribution in [3.8, 4) is 89.9 Å². The van der Waals surface area contributed by atoms with Crippen LogP contribution in [0.15, 0.2) is 219 Å². The van der Waals surface area contributed by atoms with Gasteiger partial charge in [-0.25, -0.2) is 15.0 Å². The quantitative estimate of drug-likeness (QED) is 0.169. The first-order valence-electron chi connectivity index (χ1n) is 20.7. The number of rotatable bonds is 6. The summed E-state index contributed by atoms with van der Waals surface area (Å²) in [6.07, 6.45) is 1.85. The first-order chi connectivity index (χ1) is 30.2. The molecule has 61 heavy (non-hydrogen) atoms. The Bertz CT molecular complexity index is 3240. The van der Waals surface area contributed by atoms with Crippen LogP contribution >= 0.6 is 0 Å². The van der Waals surface area contributed by atoms with E-state index in [0.29, 0.717) is 17.5 Å². The molecule has 2 aliphatic carbocycles. The average Bonchev–Trinajstić information content (AvgIpc) is 3.82. The van der Waals surface area contributed by atoms with E-state index in [1.807, 2.05) is 66.9 Å². The smallest absolute Gasteiger partial charge is 0.165 e. The Labute approximate surface area is 354 Å². The Hall–Kier alpha value is -8.08. The Kier molecular flexibility index (Phi) is 8.04. The Morgan fingerprint density at radius 1 is 0.262 bits per heavy atom. The predicted octanol–water partition coefficient (Wildman–Crippen LogP) is 13.6. The summed E-state index contributed by atoms with van der Waals surface area (Å²) in [4.78, 5) is 19.8. The number of nitrogens with zero attached hydrogens (tertiary/aromatic N) is 4. The molecule has 0 N–H and O–H groups in total. The van der Waals surface area contributed by atoms with Gasteiger partial charge in [-0.15, -0.1) is 0 Å². The van der Waals surface area contributed by atoms with Crippen molar-refractivity contribution in [2.24, 2.45) is 0 Å². The Balaban J connectivity index is 0.942. The maximum Gasteiger partial charge on any atom is 0.165 e. The van der Waals surface area contributed by atoms with Crippen LogP contribution in [0, 0.1) is 0 Å². The van der Waals surface area contributed by atoms with E-state index in [2.05, 4.69) is 152 Å². The molecule has 0 atom stereocenters. The normalized spacial score (nSPS) is 12.7. The summed E-state index contributed by atoms with van der Waals surface area (Å²) in [5.41, 5.74) is 19.4. The largest absolute Gasteiger partial charge is 0.255 e. The van der Waals surface area contributed by atoms with Gasteiger partial charge in [0.2, 0.25) is 0 Å². The van der Waals surface area contributed by atoms with Gasteiger partial charge in [0.25, 0.3) is 0 Å². The van der Waals surface area contributed by atoms with E-state index < -0.39 is 0 Å². The molecule has 12 rings (SSSR count). The lowest BCUT2D eigenvalue weighted by molar-refractivity contribution is 0.794. The summed E-state index contributed by atoms with van der Waals surface area (Å²) in [5.74, 6) is 1.80. The van der Waals surface area contributed by atoms with Gasteiger partial charge in [0.15, 0.2) is 17.5 Å². The minimum atomic E-state index is -0.386. The van der Waals surface area contributed by atoms with Crippen LogP contribution in [0.3, 0.4) is 0 Å². The molecule has 10 aromatic rings. The van der Waals surface area contributed by atoms with Crippen molar-refractivity contribution in [2.75, 3.05) is 0 Å². The molecule has 0 bridgehead atoms. The van der Waals surface area contributed by atoms with Crippen LogP contribution in [-0.2, 0) is 5.41 Å². The van der Waals surface area contributed by atoms with Crippen molar-refractivity contribution in [2.45, 2.75) is 5.41 Å². The van der Waals surface area contributed by atoms with Crippen LogP contribution in [0.5, 0.6) is 0 Å². The standard InChI is InChI=1S/C57H36N4/c1-3-15-37(16-4-1)53-32-30-44(36-58-53)56-60-54(38-17-5-2-6-18-38)59-55(61-56)43-22-14-21-41(34-43)39-19-13-20-40(33-39)42-29-31-48-47-25-9-12-28-51(47)57(52(48)35-42)49-26-10-7-23-45(49)46-24-8-11-27-50(46)57/h1-36H. The second-order valence-electron chi connectivity index (χ2n) is 15.8. The van der Waals surface area contributed by atoms with Gasteiger partial charge in [0.05, 0.1) is 11.1 Å². The molecule has 2 aromatic heterocycles. The summed E-state index contributed by atoms with van der Waals surface area (Å²) >= 11 is 0. The number of benzene rings is 8. The minimum absolute atomic E-state index is 0.386. The molecule has 0 aliphatic heterocycles. The molecule has 8 aromatic carbocycles. The second kappa shape index (κ2) is 14.0. The lowest BCUT2D eigenvalue weighted by Gasteiger charge is -2.30. The van der Waals surface area contributed by atoms with Gasteiger partial charge in [-0.05, 0) is 97.1 Å². The first-order valence-corrected chi connectivity index (χ1v) is 20.7. The molecular weight excluding hydrogens is 741 g/mol. The highest BCUT2D eigenvalue weighted by molar-refractivity contribution is 5.96. The third-order valence-corrected chi connectivity index (χ3v) is 12.4. The van der Waals surface area contributed by atoms with Crippen LogP contribution in [0.25, 0.3) is 89.9 Å². The number of pyridine rings is 1. The molecule has 4 nitrogen and oxygen atoms in total. The van der Waals surface area contributed by atoms with Gasteiger partial charge in [-0.1, -0.05) is 182 Å². The number of hydrogen-bond acceptors (Lipinski definition) is 4. The Morgan fingerprint density at radius 3 is 1.23 bits per heavy atom. The maximum absolute atomic E-state index is 5.06. The molecule has 0 fully saturated rings. The molecule has 284 valence electrons. The van der Waals surface area contributed by atoms with Gasteiger partial charge in [-0.3, -0.25) is 4.98 Å². The van der Waals surface area contributed by atoms with Crippen LogP contribution in [0.2, 0.25) is 0 Å². The molecule has 0 radical (unpaired) electrons. The van der Waals surface area contributed by atoms with Crippen LogP contribution in [-0.4, -0.2) is 19.9 Å². The number of fused-ring (bicyclic) bond motifs is 10. The van der Waals surface area contributed by atoms with E-state index >= 15 is 0 Å². The van der Waals surface area contributed by atoms with Gasteiger partial charge in [-0.2, -0.15) is 0 Å². The minimum Gasteiger partial charge on any atom is -0.255 e. The first kappa shape index (κ1) is 34.9. The number of aromatic nitrogens is 4. The van der Waals surface area contributed by atoms with Crippen molar-refractivity contribution in [1.82, 2.24) is 19.9 Å². The zero-order valence-corrected chi connectivity index (χ0v) is 33.1. The van der Waals surface area contributed by atoms with E-state index in [0.717, 1.165) is 44.6 Å². The topological polar surface area (TPSA) is 51.6 Å². The molecule has 2 aliphatic rings. The van der Waals surface area contributed by atoms with Crippen molar-refractivity contribution < 1.29 is 0 Å². The van der Waals surface area contributed by atoms with E-state index in [4.69, 9.17) is 19.9 Å². The molecule has 4 heteroatoms. The van der Waals surface area contributed by atoms with Crippen molar-refractivity contribution >= 4 is 0 Å². The van der Waals surface area contributed by atoms with E-state index in [-0.39, 0.29) is 5.41 Å². The van der Waals surface area contributed by atoms with E-state index in [1.165, 1.54) is 50.1 Å². The summed E-state index contributed by atoms with van der Waals surface area (Å²) in [5, 5.41) is 0. The average molecular weight is 777 g/mol. The summed E-state index contributed by atoms with van der Waals surface area (Å²) in [7, 11) is 0. The summed E-state index contributed by atoms with van der Waals surface area (Å²) in [6.45, 7) is 0. The van der Waals surface area contributed by atoms with Crippen molar-refractivity contribution in [3.05, 3.63) is 241 Å². The lowest BCUT2D eigenvalue weighted by atomic mass is 9.70. The van der Waals surface area contributed by atoms with Crippen LogP contribution in [0.4, 0.5) is 0 Å². The Morgan fingerprint density at radius 2 is 0.672 bits per heavy atom. The second-order valence-corrected chi connectivity index (χ2v) is 15.8. The highest BCUT2D eigenvalue weighted by Crippen LogP contribution is 2.63. The van der Waals surface area contributed by atoms with E-state index in [9.17, 15) is 0 Å². The van der Waals surface area contributed by atoms with E-state index in [1.54, 1.807) is 0 Å². The zero-order valence-electron chi connectivity index (χ0n) is 33.1. The van der Waals surface area contributed by atoms with Crippen LogP contribution < -0.4 is 0 Å². The molecule has 2 heterocycles. The molecular formula is C57H36N4. The van der Waals surface area contributed by atoms with Gasteiger partial charge in [0, 0.05) is 28.5 Å². The van der Waals surface area contributed by atoms with Gasteiger partial charge in [0.1, 0.15) is 0 Å². The number of hydrogen-bond donors (Lipinski definition) is 0. The fourth-order valence-electron chi connectivity index (χ4n) is 9.65. The fourth-order valence-corrected chi connectivity index (χ4v) is 9.65. The molecule has 0 saturated heterocycles. The summed E-state index contributed by atoms with van der Waals surface area (Å²) in [6, 6.07) is 75.7. The van der Waals surface area contributed by atoms with Crippen molar-refractivity contribution in [3.63, 3.8) is 0 Å². The SMILES string of the molecule is c1ccc(-c2ccc(-c3nc(-c4ccccc4)nc(-c4cccc(-c5cccc(-c6ccc7c(c6)C6(c8ccccc8-c8ccccc86)c6ccccc6-7)c5)c4)n3)cn2)cc1. The maximum atomic E-state index is 5.06. The van der Waals surface area contributed by atoms with Gasteiger partial charge >= 0.3 is 0 Å².